The second-order valence-corrected chi connectivity index (χ2v) is 5.72. The van der Waals surface area contributed by atoms with Gasteiger partial charge in [0.2, 0.25) is 6.33 Å². The monoisotopic (exact) mass is 525 g/mol. The molecule has 2 aromatic carbocycles. The van der Waals surface area contributed by atoms with Crippen molar-refractivity contribution in [3.63, 3.8) is 0 Å². The maximum absolute atomic E-state index is 4.28. The van der Waals surface area contributed by atoms with Gasteiger partial charge in [0.05, 0.1) is 19.8 Å². The minimum absolute atomic E-state index is 0. The summed E-state index contributed by atoms with van der Waals surface area (Å²) in [5.41, 5.74) is 3.24. The van der Waals surface area contributed by atoms with Gasteiger partial charge in [-0.05, 0) is 34.9 Å². The average molecular weight is 529 g/mol. The fraction of sp³-hybridized carbons (Fsp3) is 0.222. The molecule has 1 heterocycles. The molecule has 0 spiro atoms. The van der Waals surface area contributed by atoms with Crippen LogP contribution in [0.15, 0.2) is 71.2 Å². The van der Waals surface area contributed by atoms with E-state index in [2.05, 4.69) is 63.7 Å². The molecule has 0 bridgehead atoms. The number of hydrogen-bond donors (Lipinski definition) is 0. The molecular formula is C18H21Cl4N6Zn-. The van der Waals surface area contributed by atoms with Crippen molar-refractivity contribution < 1.29 is 73.7 Å². The van der Waals surface area contributed by atoms with Crippen molar-refractivity contribution in [2.75, 3.05) is 11.9 Å². The first-order chi connectivity index (χ1) is 11.6. The van der Waals surface area contributed by atoms with E-state index in [1.54, 1.807) is 11.0 Å². The van der Waals surface area contributed by atoms with Gasteiger partial charge < -0.3 is 54.5 Å². The first-order valence-electron chi connectivity index (χ1n) is 7.78. The van der Waals surface area contributed by atoms with Crippen molar-refractivity contribution in [2.45, 2.75) is 6.54 Å². The zero-order chi connectivity index (χ0) is 16.9. The molecule has 0 atom stereocenters. The van der Waals surface area contributed by atoms with Gasteiger partial charge >= 0.3 is 25.4 Å². The molecule has 29 heavy (non-hydrogen) atoms. The maximum atomic E-state index is 4.28. The Balaban J connectivity index is -0.00000135. The summed E-state index contributed by atoms with van der Waals surface area (Å²) < 4.78 is 3.51. The van der Waals surface area contributed by atoms with Crippen LogP contribution in [0, 0.1) is 0 Å². The molecule has 0 fully saturated rings. The predicted molar refractivity (Wildman–Crippen MR) is 93.6 cm³/mol. The van der Waals surface area contributed by atoms with E-state index in [1.165, 1.54) is 5.56 Å². The van der Waals surface area contributed by atoms with E-state index >= 15 is 0 Å². The minimum atomic E-state index is 0. The molecule has 0 aliphatic heterocycles. The van der Waals surface area contributed by atoms with Gasteiger partial charge in [-0.1, -0.05) is 35.4 Å². The molecule has 0 radical (unpaired) electrons. The van der Waals surface area contributed by atoms with Gasteiger partial charge in [-0.15, -0.1) is 4.68 Å². The van der Waals surface area contributed by atoms with Crippen LogP contribution in [0.5, 0.6) is 0 Å². The zero-order valence-electron chi connectivity index (χ0n) is 16.4. The molecule has 0 saturated heterocycles. The van der Waals surface area contributed by atoms with Gasteiger partial charge in [-0.3, -0.25) is 0 Å². The van der Waals surface area contributed by atoms with E-state index in [1.807, 2.05) is 36.9 Å². The van der Waals surface area contributed by atoms with Crippen LogP contribution in [0.4, 0.5) is 17.3 Å². The number of hydrogen-bond acceptors (Lipinski definition) is 4. The van der Waals surface area contributed by atoms with E-state index in [4.69, 9.17) is 0 Å². The Bertz CT molecular complexity index is 824. The second kappa shape index (κ2) is 15.6. The molecule has 0 N–H and O–H groups in total. The van der Waals surface area contributed by atoms with Gasteiger partial charge in [0, 0.05) is 24.4 Å². The number of aromatic nitrogens is 3. The van der Waals surface area contributed by atoms with E-state index in [0.717, 1.165) is 17.9 Å². The summed E-state index contributed by atoms with van der Waals surface area (Å²) in [5.74, 6) is 0.695. The SMILES string of the molecule is CN(Cc1ccccc1)c1ccc(N=Nc2n(C)nc[n+]2C)cc1.[Cl-].[Cl-].[Cl-].[Cl-].[Zn+2]. The van der Waals surface area contributed by atoms with Crippen molar-refractivity contribution >= 4 is 17.3 Å². The topological polar surface area (TPSA) is 49.7 Å². The molecule has 0 unspecified atom stereocenters. The van der Waals surface area contributed by atoms with Crippen LogP contribution in [0.1, 0.15) is 5.56 Å². The average Bonchev–Trinajstić information content (AvgIpc) is 2.92. The third-order valence-corrected chi connectivity index (χ3v) is 3.81. The van der Waals surface area contributed by atoms with Gasteiger partial charge in [-0.25, -0.2) is 4.57 Å². The van der Waals surface area contributed by atoms with Crippen LogP contribution in [-0.4, -0.2) is 16.8 Å². The van der Waals surface area contributed by atoms with Crippen LogP contribution in [0.25, 0.3) is 0 Å². The molecule has 0 aliphatic rings. The smallest absolute Gasteiger partial charge is 1.00 e. The quantitative estimate of drug-likeness (QED) is 0.188. The van der Waals surface area contributed by atoms with Gasteiger partial charge in [0.25, 0.3) is 0 Å². The Morgan fingerprint density at radius 3 is 2.03 bits per heavy atom. The molecule has 1 aromatic heterocycles. The van der Waals surface area contributed by atoms with Crippen molar-refractivity contribution in [3.8, 4) is 0 Å². The third-order valence-electron chi connectivity index (χ3n) is 3.81. The standard InChI is InChI=1S/C18H21N6.4ClH.Zn/c1-22(13-15-7-5-4-6-8-15)17-11-9-16(10-12-17)20-21-18-23(2)14-19-24(18)3;;;;;/h4-12,14H,13H2,1-3H3;4*1H;/q+1;;;;;+2/p-4. The van der Waals surface area contributed by atoms with Crippen molar-refractivity contribution in [2.24, 2.45) is 24.3 Å². The number of azo groups is 1. The van der Waals surface area contributed by atoms with Crippen LogP contribution < -0.4 is 59.1 Å². The maximum Gasteiger partial charge on any atom is 2.00 e. The zero-order valence-corrected chi connectivity index (χ0v) is 22.4. The molecule has 3 aromatic rings. The molecular weight excluding hydrogens is 507 g/mol. The van der Waals surface area contributed by atoms with Crippen LogP contribution in [0.3, 0.4) is 0 Å². The van der Waals surface area contributed by atoms with Crippen molar-refractivity contribution in [1.29, 1.82) is 0 Å². The van der Waals surface area contributed by atoms with Gasteiger partial charge in [0.1, 0.15) is 0 Å². The first kappa shape index (κ1) is 32.4. The van der Waals surface area contributed by atoms with Crippen LogP contribution in [-0.2, 0) is 40.1 Å². The Morgan fingerprint density at radius 1 is 0.931 bits per heavy atom. The summed E-state index contributed by atoms with van der Waals surface area (Å²) in [5, 5.41) is 12.7. The molecule has 0 saturated carbocycles. The summed E-state index contributed by atoms with van der Waals surface area (Å²) in [6.45, 7) is 0.868. The Morgan fingerprint density at radius 2 is 1.52 bits per heavy atom. The summed E-state index contributed by atoms with van der Waals surface area (Å²) in [6.07, 6.45) is 1.70. The predicted octanol–water partition coefficient (Wildman–Crippen LogP) is -8.69. The van der Waals surface area contributed by atoms with Crippen LogP contribution >= 0.6 is 0 Å². The fourth-order valence-electron chi connectivity index (χ4n) is 2.45. The van der Waals surface area contributed by atoms with Gasteiger partial charge in [0.15, 0.2) is 0 Å². The van der Waals surface area contributed by atoms with Gasteiger partial charge in [-0.2, -0.15) is 0 Å². The fourth-order valence-corrected chi connectivity index (χ4v) is 2.45. The number of rotatable bonds is 5. The summed E-state index contributed by atoms with van der Waals surface area (Å²) in [6, 6.07) is 18.5. The normalized spacial score (nSPS) is 9.21. The van der Waals surface area contributed by atoms with E-state index in [-0.39, 0.29) is 69.1 Å². The molecule has 11 heteroatoms. The number of halogens is 4. The summed E-state index contributed by atoms with van der Waals surface area (Å²) in [4.78, 5) is 2.21. The number of aryl methyl sites for hydroxylation is 2. The molecule has 0 aliphatic carbocycles. The third kappa shape index (κ3) is 8.97. The van der Waals surface area contributed by atoms with Crippen molar-refractivity contribution in [1.82, 2.24) is 9.78 Å². The second-order valence-electron chi connectivity index (χ2n) is 5.72. The Labute approximate surface area is 209 Å². The summed E-state index contributed by atoms with van der Waals surface area (Å²) >= 11 is 0. The molecule has 0 amide bonds. The van der Waals surface area contributed by atoms with E-state index in [9.17, 15) is 0 Å². The van der Waals surface area contributed by atoms with Crippen LogP contribution in [0.2, 0.25) is 0 Å². The van der Waals surface area contributed by atoms with E-state index < -0.39 is 0 Å². The molecule has 154 valence electrons. The van der Waals surface area contributed by atoms with Crippen molar-refractivity contribution in [3.05, 3.63) is 66.5 Å². The Hall–Kier alpha value is -1.24. The number of benzene rings is 2. The largest absolute Gasteiger partial charge is 2.00 e. The van der Waals surface area contributed by atoms with E-state index in [0.29, 0.717) is 5.95 Å². The first-order valence-corrected chi connectivity index (χ1v) is 7.78. The molecule has 6 nitrogen and oxygen atoms in total. The minimum Gasteiger partial charge on any atom is -1.00 e. The summed E-state index contributed by atoms with van der Waals surface area (Å²) in [7, 11) is 5.82. The Kier molecular flexibility index (Phi) is 17.4. The molecule has 3 rings (SSSR count). The number of anilines is 1. The number of nitrogens with zero attached hydrogens (tertiary/aromatic N) is 6.